The zero-order chi connectivity index (χ0) is 17.7. The summed E-state index contributed by atoms with van der Waals surface area (Å²) in [5.41, 5.74) is 0.830. The minimum absolute atomic E-state index is 0.00903. The van der Waals surface area contributed by atoms with E-state index in [0.29, 0.717) is 11.3 Å². The van der Waals surface area contributed by atoms with E-state index in [1.165, 1.54) is 42.5 Å². The van der Waals surface area contributed by atoms with E-state index in [4.69, 9.17) is 11.6 Å². The molecule has 2 aromatic rings. The first-order chi connectivity index (χ1) is 11.3. The number of nitro groups is 1. The van der Waals surface area contributed by atoms with E-state index >= 15 is 0 Å². The number of hydrogen-bond donors (Lipinski definition) is 1. The van der Waals surface area contributed by atoms with Gasteiger partial charge in [0.25, 0.3) is 5.69 Å². The molecule has 2 aromatic carbocycles. The van der Waals surface area contributed by atoms with Crippen LogP contribution in [0.2, 0.25) is 5.02 Å². The fourth-order valence-electron chi connectivity index (χ4n) is 1.90. The Hall–Kier alpha value is -2.74. The van der Waals surface area contributed by atoms with E-state index in [1.54, 1.807) is 0 Å². The zero-order valence-corrected chi connectivity index (χ0v) is 12.8. The first kappa shape index (κ1) is 17.6. The quantitative estimate of drug-likeness (QED) is 0.625. The number of nitrogens with one attached hydrogen (secondary N) is 1. The van der Waals surface area contributed by atoms with Crippen LogP contribution in [0.4, 0.5) is 20.2 Å². The second kappa shape index (κ2) is 7.69. The van der Waals surface area contributed by atoms with Crippen molar-refractivity contribution in [2.24, 2.45) is 0 Å². The number of halogens is 3. The van der Waals surface area contributed by atoms with Gasteiger partial charge in [-0.25, -0.2) is 0 Å². The fraction of sp³-hybridized carbons (Fsp3) is 0.133. The molecule has 2 rings (SSSR count). The summed E-state index contributed by atoms with van der Waals surface area (Å²) in [6, 6.07) is 9.43. The SMILES string of the molecule is O=C(Cc1ccc([N+](=O)[O-])cc1)Nc1ccc(OC(F)F)c(Cl)c1. The highest BCUT2D eigenvalue weighted by atomic mass is 35.5. The number of rotatable bonds is 6. The zero-order valence-electron chi connectivity index (χ0n) is 12.0. The second-order valence-electron chi connectivity index (χ2n) is 4.67. The Morgan fingerprint density at radius 2 is 1.92 bits per heavy atom. The summed E-state index contributed by atoms with van der Waals surface area (Å²) in [7, 11) is 0. The van der Waals surface area contributed by atoms with Gasteiger partial charge in [0.1, 0.15) is 5.75 Å². The van der Waals surface area contributed by atoms with Crippen LogP contribution in [0, 0.1) is 10.1 Å². The normalized spacial score (nSPS) is 10.5. The summed E-state index contributed by atoms with van der Waals surface area (Å²) in [5, 5.41) is 13.0. The molecule has 0 aromatic heterocycles. The van der Waals surface area contributed by atoms with Crippen LogP contribution in [0.15, 0.2) is 42.5 Å². The molecule has 6 nitrogen and oxygen atoms in total. The lowest BCUT2D eigenvalue weighted by atomic mass is 10.1. The Balaban J connectivity index is 1.99. The lowest BCUT2D eigenvalue weighted by Crippen LogP contribution is -2.14. The third-order valence-corrected chi connectivity index (χ3v) is 3.24. The molecule has 0 aliphatic rings. The van der Waals surface area contributed by atoms with E-state index in [2.05, 4.69) is 10.1 Å². The molecule has 126 valence electrons. The maximum absolute atomic E-state index is 12.1. The highest BCUT2D eigenvalue weighted by Gasteiger charge is 2.11. The second-order valence-corrected chi connectivity index (χ2v) is 5.08. The third kappa shape index (κ3) is 4.88. The molecule has 1 amide bonds. The lowest BCUT2D eigenvalue weighted by Gasteiger charge is -2.09. The number of benzene rings is 2. The minimum atomic E-state index is -3.00. The van der Waals surface area contributed by atoms with E-state index in [0.717, 1.165) is 0 Å². The van der Waals surface area contributed by atoms with E-state index in [9.17, 15) is 23.7 Å². The summed E-state index contributed by atoms with van der Waals surface area (Å²) in [6.45, 7) is -3.00. The molecule has 0 atom stereocenters. The van der Waals surface area contributed by atoms with Crippen molar-refractivity contribution >= 4 is 28.9 Å². The van der Waals surface area contributed by atoms with Crippen molar-refractivity contribution in [2.75, 3.05) is 5.32 Å². The number of carbonyl (C=O) groups is 1. The Labute approximate surface area is 140 Å². The van der Waals surface area contributed by atoms with Gasteiger partial charge in [0, 0.05) is 17.8 Å². The molecule has 0 saturated heterocycles. The average Bonchev–Trinajstić information content (AvgIpc) is 2.50. The Kier molecular flexibility index (Phi) is 5.64. The molecule has 0 unspecified atom stereocenters. The molecule has 0 aliphatic heterocycles. The number of non-ortho nitro benzene ring substituents is 1. The van der Waals surface area contributed by atoms with Crippen LogP contribution >= 0.6 is 11.6 Å². The van der Waals surface area contributed by atoms with Gasteiger partial charge in [-0.3, -0.25) is 14.9 Å². The maximum atomic E-state index is 12.1. The Morgan fingerprint density at radius 3 is 2.46 bits per heavy atom. The smallest absolute Gasteiger partial charge is 0.387 e. The van der Waals surface area contributed by atoms with Gasteiger partial charge in [-0.2, -0.15) is 8.78 Å². The summed E-state index contributed by atoms with van der Waals surface area (Å²) in [6.07, 6.45) is -0.00903. The van der Waals surface area contributed by atoms with Crippen LogP contribution < -0.4 is 10.1 Å². The number of carbonyl (C=O) groups excluding carboxylic acids is 1. The first-order valence-electron chi connectivity index (χ1n) is 6.62. The standard InChI is InChI=1S/C15H11ClF2N2O4/c16-12-8-10(3-6-13(12)24-15(17)18)19-14(21)7-9-1-4-11(5-2-9)20(22)23/h1-6,8,15H,7H2,(H,19,21). The molecule has 24 heavy (non-hydrogen) atoms. The molecule has 0 bridgehead atoms. The van der Waals surface area contributed by atoms with Crippen LogP contribution in [0.1, 0.15) is 5.56 Å². The van der Waals surface area contributed by atoms with E-state index < -0.39 is 11.5 Å². The van der Waals surface area contributed by atoms with Crippen molar-refractivity contribution in [2.45, 2.75) is 13.0 Å². The molecular formula is C15H11ClF2N2O4. The van der Waals surface area contributed by atoms with Crippen molar-refractivity contribution in [1.29, 1.82) is 0 Å². The van der Waals surface area contributed by atoms with Gasteiger partial charge in [0.2, 0.25) is 5.91 Å². The van der Waals surface area contributed by atoms with Crippen LogP contribution in [-0.4, -0.2) is 17.4 Å². The van der Waals surface area contributed by atoms with Crippen LogP contribution in [0.5, 0.6) is 5.75 Å². The van der Waals surface area contributed by atoms with Crippen LogP contribution in [0.3, 0.4) is 0 Å². The van der Waals surface area contributed by atoms with Gasteiger partial charge in [0.05, 0.1) is 16.4 Å². The van der Waals surface area contributed by atoms with Gasteiger partial charge in [-0.05, 0) is 23.8 Å². The number of hydrogen-bond acceptors (Lipinski definition) is 4. The molecule has 0 heterocycles. The van der Waals surface area contributed by atoms with E-state index in [1.807, 2.05) is 0 Å². The fourth-order valence-corrected chi connectivity index (χ4v) is 2.12. The van der Waals surface area contributed by atoms with Gasteiger partial charge in [0.15, 0.2) is 0 Å². The summed E-state index contributed by atoms with van der Waals surface area (Å²) in [4.78, 5) is 22.0. The number of alkyl halides is 2. The van der Waals surface area contributed by atoms with Gasteiger partial charge in [-0.1, -0.05) is 23.7 Å². The van der Waals surface area contributed by atoms with Gasteiger partial charge < -0.3 is 10.1 Å². The van der Waals surface area contributed by atoms with Crippen molar-refractivity contribution in [3.8, 4) is 5.75 Å². The predicted octanol–water partition coefficient (Wildman–Crippen LogP) is 4.03. The maximum Gasteiger partial charge on any atom is 0.387 e. The lowest BCUT2D eigenvalue weighted by molar-refractivity contribution is -0.384. The van der Waals surface area contributed by atoms with Crippen molar-refractivity contribution in [3.63, 3.8) is 0 Å². The topological polar surface area (TPSA) is 81.5 Å². The molecule has 0 spiro atoms. The molecule has 0 saturated carbocycles. The van der Waals surface area contributed by atoms with Crippen LogP contribution in [-0.2, 0) is 11.2 Å². The number of amides is 1. The van der Waals surface area contributed by atoms with E-state index in [-0.39, 0.29) is 28.8 Å². The van der Waals surface area contributed by atoms with Crippen molar-refractivity contribution < 1.29 is 23.2 Å². The van der Waals surface area contributed by atoms with Crippen molar-refractivity contribution in [3.05, 3.63) is 63.2 Å². The monoisotopic (exact) mass is 356 g/mol. The molecule has 0 radical (unpaired) electrons. The molecular weight excluding hydrogens is 346 g/mol. The number of ether oxygens (including phenoxy) is 1. The summed E-state index contributed by atoms with van der Waals surface area (Å²) in [5.74, 6) is -0.581. The largest absolute Gasteiger partial charge is 0.433 e. The van der Waals surface area contributed by atoms with Crippen molar-refractivity contribution in [1.82, 2.24) is 0 Å². The predicted molar refractivity (Wildman–Crippen MR) is 83.5 cm³/mol. The highest BCUT2D eigenvalue weighted by molar-refractivity contribution is 6.32. The number of nitro benzene ring substituents is 1. The molecule has 0 aliphatic carbocycles. The number of anilines is 1. The van der Waals surface area contributed by atoms with Crippen LogP contribution in [0.25, 0.3) is 0 Å². The summed E-state index contributed by atoms with van der Waals surface area (Å²) >= 11 is 5.79. The molecule has 1 N–H and O–H groups in total. The highest BCUT2D eigenvalue weighted by Crippen LogP contribution is 2.29. The third-order valence-electron chi connectivity index (χ3n) is 2.94. The first-order valence-corrected chi connectivity index (χ1v) is 7.00. The Bertz CT molecular complexity index is 754. The molecule has 0 fully saturated rings. The molecule has 9 heteroatoms. The number of nitrogens with zero attached hydrogens (tertiary/aromatic N) is 1. The van der Waals surface area contributed by atoms with Gasteiger partial charge >= 0.3 is 6.61 Å². The average molecular weight is 357 g/mol. The Morgan fingerprint density at radius 1 is 1.25 bits per heavy atom. The minimum Gasteiger partial charge on any atom is -0.433 e. The van der Waals surface area contributed by atoms with Gasteiger partial charge in [-0.15, -0.1) is 0 Å². The summed E-state index contributed by atoms with van der Waals surface area (Å²) < 4.78 is 28.5.